The molecule has 2 heteroatoms. The molecule has 2 aliphatic carbocycles. The van der Waals surface area contributed by atoms with Crippen LogP contribution in [-0.2, 0) is 11.8 Å². The third-order valence-corrected chi connectivity index (χ3v) is 11.9. The van der Waals surface area contributed by atoms with Crippen LogP contribution in [0.2, 0.25) is 0 Å². The standard InChI is InChI=1S/C52H36N2/c53-48-21-11-19-42-38-16-7-8-17-39(38)43(51(42)48)26-22-33-23-28-49-44(30-33)45-31-34(25-29-50(45)54-49)35-24-27-41-40-18-9-10-20-46(40)52(47(41)32-35,36-12-3-1-4-13-36)37-14-5-2-6-15-37/h1-21,23-32,54H,22,53H2/b43-26-. The van der Waals surface area contributed by atoms with Crippen molar-refractivity contribution in [1.29, 1.82) is 0 Å². The number of rotatable bonds is 5. The lowest BCUT2D eigenvalue weighted by Gasteiger charge is -2.34. The number of anilines is 1. The van der Waals surface area contributed by atoms with E-state index < -0.39 is 5.41 Å². The maximum absolute atomic E-state index is 6.58. The molecule has 0 bridgehead atoms. The Morgan fingerprint density at radius 1 is 0.463 bits per heavy atom. The molecule has 11 rings (SSSR count). The van der Waals surface area contributed by atoms with E-state index in [1.165, 1.54) is 83.1 Å². The summed E-state index contributed by atoms with van der Waals surface area (Å²) in [7, 11) is 0. The van der Waals surface area contributed by atoms with Crippen molar-refractivity contribution in [3.05, 3.63) is 227 Å². The molecule has 2 aliphatic rings. The van der Waals surface area contributed by atoms with Crippen molar-refractivity contribution < 1.29 is 0 Å². The summed E-state index contributed by atoms with van der Waals surface area (Å²) in [4.78, 5) is 3.69. The lowest BCUT2D eigenvalue weighted by Crippen LogP contribution is -2.28. The average Bonchev–Trinajstić information content (AvgIpc) is 3.87. The number of nitrogens with two attached hydrogens (primary N) is 1. The zero-order chi connectivity index (χ0) is 35.8. The van der Waals surface area contributed by atoms with Crippen molar-refractivity contribution in [3.63, 3.8) is 0 Å². The molecule has 1 aromatic heterocycles. The summed E-state index contributed by atoms with van der Waals surface area (Å²) in [5.41, 5.74) is 26.9. The average molecular weight is 689 g/mol. The smallest absolute Gasteiger partial charge is 0.0713 e. The van der Waals surface area contributed by atoms with Gasteiger partial charge in [0, 0.05) is 33.1 Å². The Labute approximate surface area is 314 Å². The van der Waals surface area contributed by atoms with Gasteiger partial charge < -0.3 is 10.7 Å². The van der Waals surface area contributed by atoms with Gasteiger partial charge in [0.25, 0.3) is 0 Å². The first-order chi connectivity index (χ1) is 26.7. The molecule has 0 saturated carbocycles. The van der Waals surface area contributed by atoms with Crippen molar-refractivity contribution in [2.24, 2.45) is 0 Å². The van der Waals surface area contributed by atoms with E-state index in [-0.39, 0.29) is 0 Å². The van der Waals surface area contributed by atoms with Gasteiger partial charge in [-0.05, 0) is 115 Å². The first-order valence-corrected chi connectivity index (χ1v) is 18.8. The lowest BCUT2D eigenvalue weighted by atomic mass is 9.67. The first-order valence-electron chi connectivity index (χ1n) is 18.8. The molecule has 3 N–H and O–H groups in total. The summed E-state index contributed by atoms with van der Waals surface area (Å²) in [5.74, 6) is 0. The molecule has 2 nitrogen and oxygen atoms in total. The molecule has 0 atom stereocenters. The van der Waals surface area contributed by atoms with Crippen molar-refractivity contribution in [2.45, 2.75) is 11.8 Å². The van der Waals surface area contributed by atoms with E-state index in [0.717, 1.165) is 28.7 Å². The van der Waals surface area contributed by atoms with Gasteiger partial charge >= 0.3 is 0 Å². The van der Waals surface area contributed by atoms with Gasteiger partial charge in [-0.15, -0.1) is 0 Å². The first kappa shape index (κ1) is 30.7. The number of nitrogen functional groups attached to an aromatic ring is 1. The van der Waals surface area contributed by atoms with Gasteiger partial charge in [0.15, 0.2) is 0 Å². The lowest BCUT2D eigenvalue weighted by molar-refractivity contribution is 0.769. The fourth-order valence-corrected chi connectivity index (χ4v) is 9.49. The topological polar surface area (TPSA) is 41.8 Å². The Kier molecular flexibility index (Phi) is 6.72. The Hall–Kier alpha value is -6.90. The molecule has 0 unspecified atom stereocenters. The number of benzene rings is 8. The second kappa shape index (κ2) is 11.8. The molecule has 0 radical (unpaired) electrons. The Bertz CT molecular complexity index is 2930. The highest BCUT2D eigenvalue weighted by Crippen LogP contribution is 2.56. The predicted octanol–water partition coefficient (Wildman–Crippen LogP) is 12.6. The Morgan fingerprint density at radius 3 is 1.83 bits per heavy atom. The predicted molar refractivity (Wildman–Crippen MR) is 226 cm³/mol. The van der Waals surface area contributed by atoms with Crippen LogP contribution in [0.4, 0.5) is 5.69 Å². The molecule has 254 valence electrons. The van der Waals surface area contributed by atoms with Crippen LogP contribution < -0.4 is 5.73 Å². The number of H-pyrrole nitrogens is 1. The van der Waals surface area contributed by atoms with Crippen molar-refractivity contribution in [2.75, 3.05) is 5.73 Å². The van der Waals surface area contributed by atoms with Gasteiger partial charge in [-0.1, -0.05) is 152 Å². The summed E-state index contributed by atoms with van der Waals surface area (Å²) in [6.07, 6.45) is 3.17. The maximum Gasteiger partial charge on any atom is 0.0713 e. The summed E-state index contributed by atoms with van der Waals surface area (Å²) in [5, 5.41) is 2.48. The largest absolute Gasteiger partial charge is 0.398 e. The fraction of sp³-hybridized carbons (Fsp3) is 0.0385. The quantitative estimate of drug-likeness (QED) is 0.174. The summed E-state index contributed by atoms with van der Waals surface area (Å²) >= 11 is 0. The highest BCUT2D eigenvalue weighted by Gasteiger charge is 2.46. The number of fused-ring (bicyclic) bond motifs is 9. The van der Waals surface area contributed by atoms with Crippen LogP contribution in [0.5, 0.6) is 0 Å². The molecule has 8 aromatic carbocycles. The van der Waals surface area contributed by atoms with Crippen molar-refractivity contribution in [1.82, 2.24) is 4.98 Å². The third kappa shape index (κ3) is 4.41. The number of nitrogens with one attached hydrogen (secondary N) is 1. The van der Waals surface area contributed by atoms with Gasteiger partial charge in [0.05, 0.1) is 5.41 Å². The van der Waals surface area contributed by atoms with Crippen LogP contribution in [0.15, 0.2) is 188 Å². The minimum Gasteiger partial charge on any atom is -0.398 e. The van der Waals surface area contributed by atoms with E-state index in [2.05, 4.69) is 187 Å². The van der Waals surface area contributed by atoms with Crippen molar-refractivity contribution in [3.8, 4) is 33.4 Å². The van der Waals surface area contributed by atoms with E-state index in [9.17, 15) is 0 Å². The number of hydrogen-bond acceptors (Lipinski definition) is 1. The van der Waals surface area contributed by atoms with Gasteiger partial charge in [0.2, 0.25) is 0 Å². The van der Waals surface area contributed by atoms with E-state index in [4.69, 9.17) is 5.73 Å². The highest BCUT2D eigenvalue weighted by molar-refractivity contribution is 6.09. The van der Waals surface area contributed by atoms with E-state index in [0.29, 0.717) is 0 Å². The summed E-state index contributed by atoms with van der Waals surface area (Å²) in [6, 6.07) is 66.7. The Balaban J connectivity index is 1.03. The van der Waals surface area contributed by atoms with Crippen molar-refractivity contribution >= 4 is 33.1 Å². The number of aromatic amines is 1. The highest BCUT2D eigenvalue weighted by atomic mass is 14.7. The number of aromatic nitrogens is 1. The third-order valence-electron chi connectivity index (χ3n) is 11.9. The van der Waals surface area contributed by atoms with Crippen LogP contribution in [0, 0.1) is 0 Å². The number of allylic oxidation sites excluding steroid dienone is 1. The number of hydrogen-bond donors (Lipinski definition) is 2. The zero-order valence-electron chi connectivity index (χ0n) is 29.7. The van der Waals surface area contributed by atoms with Crippen LogP contribution in [0.1, 0.15) is 38.9 Å². The fourth-order valence-electron chi connectivity index (χ4n) is 9.49. The molecule has 1 heterocycles. The molecular formula is C52H36N2. The van der Waals surface area contributed by atoms with E-state index in [1.54, 1.807) is 0 Å². The van der Waals surface area contributed by atoms with Gasteiger partial charge in [-0.2, -0.15) is 0 Å². The second-order valence-electron chi connectivity index (χ2n) is 14.7. The SMILES string of the molecule is Nc1cccc2c1/C(=C\Cc1ccc3[nH]c4ccc(-c5ccc6c(c5)C(c5ccccc5)(c5ccccc5)c5ccccc5-6)cc4c3c1)c1ccccc1-2. The van der Waals surface area contributed by atoms with Gasteiger partial charge in [-0.3, -0.25) is 0 Å². The molecular weight excluding hydrogens is 653 g/mol. The zero-order valence-corrected chi connectivity index (χ0v) is 29.7. The maximum atomic E-state index is 6.58. The van der Waals surface area contributed by atoms with E-state index in [1.807, 2.05) is 6.07 Å². The van der Waals surface area contributed by atoms with Crippen LogP contribution in [-0.4, -0.2) is 4.98 Å². The normalized spacial score (nSPS) is 14.3. The molecule has 0 saturated heterocycles. The summed E-state index contributed by atoms with van der Waals surface area (Å²) < 4.78 is 0. The van der Waals surface area contributed by atoms with Gasteiger partial charge in [0.1, 0.15) is 0 Å². The molecule has 0 spiro atoms. The molecule has 54 heavy (non-hydrogen) atoms. The Morgan fingerprint density at radius 2 is 1.06 bits per heavy atom. The second-order valence-corrected chi connectivity index (χ2v) is 14.7. The molecule has 0 aliphatic heterocycles. The van der Waals surface area contributed by atoms with Crippen LogP contribution in [0.25, 0.3) is 60.8 Å². The molecule has 0 amide bonds. The minimum atomic E-state index is -0.427. The van der Waals surface area contributed by atoms with Crippen LogP contribution in [0.3, 0.4) is 0 Å². The van der Waals surface area contributed by atoms with E-state index >= 15 is 0 Å². The van der Waals surface area contributed by atoms with Gasteiger partial charge in [-0.25, -0.2) is 0 Å². The monoisotopic (exact) mass is 688 g/mol. The summed E-state index contributed by atoms with van der Waals surface area (Å²) in [6.45, 7) is 0. The van der Waals surface area contributed by atoms with Crippen LogP contribution >= 0.6 is 0 Å². The molecule has 0 fully saturated rings. The molecule has 9 aromatic rings. The minimum absolute atomic E-state index is 0.427.